The molecule has 246 valence electrons. The maximum atomic E-state index is 15.2. The number of carbonyl (C=O) groups excluding carboxylic acids is 4. The van der Waals surface area contributed by atoms with Crippen LogP contribution in [0, 0.1) is 0 Å². The monoisotopic (exact) mass is 977 g/mol. The number of carbonyl (C=O) groups is 4. The lowest BCUT2D eigenvalue weighted by molar-refractivity contribution is -0.211. The summed E-state index contributed by atoms with van der Waals surface area (Å²) in [6, 6.07) is 12.6. The number of nitrogens with zero attached hydrogens (tertiary/aromatic N) is 2. The number of benzene rings is 4. The number of anilines is 2. The van der Waals surface area contributed by atoms with Gasteiger partial charge in [-0.05, 0) is 118 Å². The average molecular weight is 982 g/mol. The van der Waals surface area contributed by atoms with Crippen LogP contribution in [0.5, 0.6) is 5.75 Å². The summed E-state index contributed by atoms with van der Waals surface area (Å²) in [5, 5.41) is 0. The fourth-order valence-corrected chi connectivity index (χ4v) is 9.72. The van der Waals surface area contributed by atoms with Gasteiger partial charge in [0.2, 0.25) is 0 Å². The number of hydrogen-bond donors (Lipinski definition) is 1. The van der Waals surface area contributed by atoms with Gasteiger partial charge in [0.1, 0.15) is 5.41 Å². The van der Waals surface area contributed by atoms with Gasteiger partial charge in [-0.1, -0.05) is 33.1 Å². The Balaban J connectivity index is 1.43. The van der Waals surface area contributed by atoms with Gasteiger partial charge >= 0.3 is 6.18 Å². The highest BCUT2D eigenvalue weighted by Gasteiger charge is 2.55. The minimum absolute atomic E-state index is 0.0705. The lowest BCUT2D eigenvalue weighted by Crippen LogP contribution is -2.41. The third-order valence-electron chi connectivity index (χ3n) is 8.06. The second kappa shape index (κ2) is 12.4. The van der Waals surface area contributed by atoms with Gasteiger partial charge in [0.15, 0.2) is 5.75 Å². The van der Waals surface area contributed by atoms with Crippen molar-refractivity contribution in [2.75, 3.05) is 9.80 Å². The highest BCUT2D eigenvalue weighted by molar-refractivity contribution is 9.12. The van der Waals surface area contributed by atoms with Crippen LogP contribution >= 0.6 is 79.6 Å². The van der Waals surface area contributed by atoms with Crippen LogP contribution in [-0.4, -0.2) is 29.8 Å². The molecule has 4 amide bonds. The molecule has 0 aliphatic carbocycles. The molecule has 48 heavy (non-hydrogen) atoms. The minimum Gasteiger partial charge on any atom is -0.320 e. The number of hydrogen-bond acceptors (Lipinski definition) is 7. The Morgan fingerprint density at radius 1 is 0.604 bits per heavy atom. The molecule has 4 aromatic carbocycles. The van der Waals surface area contributed by atoms with Crippen molar-refractivity contribution in [3.63, 3.8) is 0 Å². The molecule has 0 aromatic heterocycles. The standard InChI is InChI=1S/C31H15Br5F3N3O6/c1-30(31(37,38)39,12-2-4-16-18(6-12)28(45)41(26(16)43)24-20(33)8-14(32)9-21(24)34)13-3-5-17-19(7-13)29(46)42(27(17)44)25-22(35)10-15(47-48-40)11-23(25)36/h2-11H,40H2,1H3. The fraction of sp³-hybridized carbons (Fsp3) is 0.0968. The third-order valence-corrected chi connectivity index (χ3v) is 10.9. The number of amides is 4. The van der Waals surface area contributed by atoms with Crippen LogP contribution in [-0.2, 0) is 10.4 Å². The summed E-state index contributed by atoms with van der Waals surface area (Å²) in [6.07, 6.45) is -4.96. The average Bonchev–Trinajstić information content (AvgIpc) is 3.39. The van der Waals surface area contributed by atoms with Crippen LogP contribution < -0.4 is 20.6 Å². The van der Waals surface area contributed by atoms with Crippen molar-refractivity contribution in [3.05, 3.63) is 116 Å². The first-order valence-electron chi connectivity index (χ1n) is 13.3. The van der Waals surface area contributed by atoms with Crippen LogP contribution in [0.4, 0.5) is 24.5 Å². The molecular formula is C31H15Br5F3N3O6. The lowest BCUT2D eigenvalue weighted by Gasteiger charge is -2.33. The van der Waals surface area contributed by atoms with Gasteiger partial charge in [0.25, 0.3) is 23.6 Å². The normalized spacial score (nSPS) is 15.6. The molecule has 2 aliphatic rings. The number of nitrogens with two attached hydrogens (primary N) is 1. The molecule has 0 bridgehead atoms. The topological polar surface area (TPSA) is 119 Å². The van der Waals surface area contributed by atoms with E-state index in [4.69, 9.17) is 10.8 Å². The van der Waals surface area contributed by atoms with E-state index in [9.17, 15) is 19.2 Å². The van der Waals surface area contributed by atoms with E-state index in [0.717, 1.165) is 47.1 Å². The first-order valence-corrected chi connectivity index (χ1v) is 17.3. The summed E-state index contributed by atoms with van der Waals surface area (Å²) in [5.41, 5.74) is -3.94. The van der Waals surface area contributed by atoms with Gasteiger partial charge < -0.3 is 4.89 Å². The number of alkyl halides is 3. The highest BCUT2D eigenvalue weighted by Crippen LogP contribution is 2.49. The van der Waals surface area contributed by atoms with Crippen LogP contribution in [0.1, 0.15) is 59.5 Å². The zero-order chi connectivity index (χ0) is 35.0. The minimum atomic E-state index is -4.96. The van der Waals surface area contributed by atoms with E-state index >= 15 is 13.2 Å². The molecule has 2 heterocycles. The molecular weight excluding hydrogens is 967 g/mol. The zero-order valence-corrected chi connectivity index (χ0v) is 31.6. The Morgan fingerprint density at radius 2 is 0.979 bits per heavy atom. The Bertz CT molecular complexity index is 2080. The molecule has 2 N–H and O–H groups in total. The van der Waals surface area contributed by atoms with E-state index < -0.39 is 35.2 Å². The molecule has 17 heteroatoms. The van der Waals surface area contributed by atoms with E-state index in [1.807, 2.05) is 0 Å². The largest absolute Gasteiger partial charge is 0.402 e. The van der Waals surface area contributed by atoms with Crippen molar-refractivity contribution in [2.45, 2.75) is 18.5 Å². The third kappa shape index (κ3) is 5.38. The van der Waals surface area contributed by atoms with Crippen molar-refractivity contribution < 1.29 is 42.2 Å². The van der Waals surface area contributed by atoms with Crippen LogP contribution in [0.25, 0.3) is 0 Å². The molecule has 6 rings (SSSR count). The van der Waals surface area contributed by atoms with Gasteiger partial charge in [0.05, 0.1) is 33.6 Å². The van der Waals surface area contributed by atoms with Crippen molar-refractivity contribution >= 4 is 115 Å². The van der Waals surface area contributed by atoms with Crippen molar-refractivity contribution in [1.29, 1.82) is 0 Å². The Morgan fingerprint density at radius 3 is 1.35 bits per heavy atom. The number of fused-ring (bicyclic) bond motifs is 2. The number of halogens is 8. The van der Waals surface area contributed by atoms with Crippen molar-refractivity contribution in [2.24, 2.45) is 5.90 Å². The summed E-state index contributed by atoms with van der Waals surface area (Å²) in [4.78, 5) is 64.8. The van der Waals surface area contributed by atoms with Gasteiger partial charge in [-0.15, -0.1) is 0 Å². The van der Waals surface area contributed by atoms with Crippen molar-refractivity contribution in [1.82, 2.24) is 0 Å². The Kier molecular flexibility index (Phi) is 9.05. The lowest BCUT2D eigenvalue weighted by atomic mass is 9.74. The van der Waals surface area contributed by atoms with E-state index in [-0.39, 0.29) is 59.5 Å². The summed E-state index contributed by atoms with van der Waals surface area (Å²) in [5.74, 6) is 1.88. The van der Waals surface area contributed by atoms with E-state index in [2.05, 4.69) is 84.6 Å². The molecule has 1 atom stereocenters. The van der Waals surface area contributed by atoms with Gasteiger partial charge in [-0.25, -0.2) is 9.80 Å². The molecule has 0 spiro atoms. The second-order valence-electron chi connectivity index (χ2n) is 10.7. The van der Waals surface area contributed by atoms with Gasteiger partial charge in [-0.3, -0.25) is 19.2 Å². The summed E-state index contributed by atoms with van der Waals surface area (Å²) >= 11 is 16.6. The van der Waals surface area contributed by atoms with Crippen LogP contribution in [0.3, 0.4) is 0 Å². The molecule has 1 unspecified atom stereocenters. The van der Waals surface area contributed by atoms with E-state index in [1.165, 1.54) is 18.2 Å². The quantitative estimate of drug-likeness (QED) is 0.116. The molecule has 0 saturated carbocycles. The molecule has 0 radical (unpaired) electrons. The Labute approximate surface area is 311 Å². The zero-order valence-electron chi connectivity index (χ0n) is 23.7. The van der Waals surface area contributed by atoms with E-state index in [0.29, 0.717) is 13.4 Å². The van der Waals surface area contributed by atoms with Gasteiger partial charge in [0, 0.05) is 34.5 Å². The SMILES string of the molecule is CC(c1ccc2c(c1)C(=O)N(c1c(Br)cc(Br)cc1Br)C2=O)(c1ccc2c(c1)C(=O)N(c1c(Br)cc(OON)cc1Br)C2=O)C(F)(F)F. The number of imide groups is 2. The van der Waals surface area contributed by atoms with Crippen LogP contribution in [0.15, 0.2) is 83.0 Å². The number of rotatable bonds is 6. The maximum Gasteiger partial charge on any atom is 0.402 e. The smallest absolute Gasteiger partial charge is 0.320 e. The van der Waals surface area contributed by atoms with Crippen molar-refractivity contribution in [3.8, 4) is 5.75 Å². The first kappa shape index (κ1) is 34.9. The molecule has 9 nitrogen and oxygen atoms in total. The maximum absolute atomic E-state index is 15.2. The predicted molar refractivity (Wildman–Crippen MR) is 185 cm³/mol. The van der Waals surface area contributed by atoms with Crippen LogP contribution in [0.2, 0.25) is 0 Å². The molecule has 0 saturated heterocycles. The second-order valence-corrected chi connectivity index (χ2v) is 15.0. The predicted octanol–water partition coefficient (Wildman–Crippen LogP) is 9.15. The molecule has 4 aromatic rings. The highest BCUT2D eigenvalue weighted by atomic mass is 79.9. The molecule has 2 aliphatic heterocycles. The molecule has 0 fully saturated rings. The summed E-state index contributed by atoms with van der Waals surface area (Å²) in [6.45, 7) is 0.905. The Hall–Kier alpha value is -2.93. The van der Waals surface area contributed by atoms with Gasteiger partial charge in [-0.2, -0.15) is 19.1 Å². The summed E-state index contributed by atoms with van der Waals surface area (Å²) < 4.78 is 47.4. The first-order chi connectivity index (χ1) is 22.5. The summed E-state index contributed by atoms with van der Waals surface area (Å²) in [7, 11) is 0. The fourth-order valence-electron chi connectivity index (χ4n) is 5.61. The van der Waals surface area contributed by atoms with E-state index in [1.54, 1.807) is 12.1 Å².